The smallest absolute Gasteiger partial charge is 0.332 e. The molecule has 186 valence electrons. The van der Waals surface area contributed by atoms with E-state index in [2.05, 4.69) is 15.6 Å². The van der Waals surface area contributed by atoms with Crippen LogP contribution in [0.1, 0.15) is 49.8 Å². The van der Waals surface area contributed by atoms with Gasteiger partial charge in [-0.2, -0.15) is 13.7 Å². The highest BCUT2D eigenvalue weighted by Gasteiger charge is 2.25. The minimum Gasteiger partial charge on any atom is -0.340 e. The molecular formula is C29H24FN3O3S. The van der Waals surface area contributed by atoms with E-state index >= 15 is 0 Å². The van der Waals surface area contributed by atoms with Crippen molar-refractivity contribution >= 4 is 43.1 Å². The fraction of sp³-hybridized carbons (Fsp3) is 0.241. The van der Waals surface area contributed by atoms with E-state index in [1.54, 1.807) is 18.2 Å². The molecule has 1 aliphatic carbocycles. The molecule has 0 spiro atoms. The molecule has 1 saturated carbocycles. The molecule has 0 atom stereocenters. The van der Waals surface area contributed by atoms with E-state index in [0.29, 0.717) is 28.3 Å². The van der Waals surface area contributed by atoms with Crippen molar-refractivity contribution in [2.75, 3.05) is 0 Å². The summed E-state index contributed by atoms with van der Waals surface area (Å²) >= 11 is 0. The van der Waals surface area contributed by atoms with Crippen LogP contribution in [0, 0.1) is 11.3 Å². The molecule has 0 saturated heterocycles. The molecule has 37 heavy (non-hydrogen) atoms. The van der Waals surface area contributed by atoms with Crippen molar-refractivity contribution in [1.29, 1.82) is 5.26 Å². The second kappa shape index (κ2) is 8.56. The van der Waals surface area contributed by atoms with Gasteiger partial charge in [-0.05, 0) is 72.4 Å². The Morgan fingerprint density at radius 2 is 1.86 bits per heavy atom. The highest BCUT2D eigenvalue weighted by Crippen LogP contribution is 2.38. The predicted octanol–water partition coefficient (Wildman–Crippen LogP) is 6.51. The van der Waals surface area contributed by atoms with E-state index in [0.717, 1.165) is 58.9 Å². The Labute approximate surface area is 213 Å². The second-order valence-electron chi connectivity index (χ2n) is 9.70. The minimum atomic E-state index is -4.86. The van der Waals surface area contributed by atoms with E-state index in [1.165, 1.54) is 18.2 Å². The van der Waals surface area contributed by atoms with Crippen molar-refractivity contribution < 1.29 is 12.3 Å². The van der Waals surface area contributed by atoms with Crippen molar-refractivity contribution in [1.82, 2.24) is 9.55 Å². The van der Waals surface area contributed by atoms with Crippen LogP contribution in [0.3, 0.4) is 0 Å². The molecule has 2 heterocycles. The third-order valence-corrected chi connectivity index (χ3v) is 8.42. The number of aromatic nitrogens is 2. The maximum Gasteiger partial charge on any atom is 0.332 e. The topological polar surface area (TPSA) is 95.7 Å². The summed E-state index contributed by atoms with van der Waals surface area (Å²) in [6.45, 7) is 1.98. The maximum atomic E-state index is 14.0. The number of hydrogen-bond donors (Lipinski definition) is 1. The fourth-order valence-corrected chi connectivity index (χ4v) is 6.36. The van der Waals surface area contributed by atoms with Gasteiger partial charge in [-0.15, -0.1) is 3.89 Å². The van der Waals surface area contributed by atoms with Crippen LogP contribution in [0.2, 0.25) is 0 Å². The maximum absolute atomic E-state index is 14.0. The first-order valence-corrected chi connectivity index (χ1v) is 13.8. The molecule has 6 rings (SSSR count). The van der Waals surface area contributed by atoms with Gasteiger partial charge < -0.3 is 9.55 Å². The van der Waals surface area contributed by atoms with Crippen LogP contribution in [0.4, 0.5) is 3.89 Å². The van der Waals surface area contributed by atoms with Gasteiger partial charge in [0, 0.05) is 22.3 Å². The quantitative estimate of drug-likeness (QED) is 0.277. The Morgan fingerprint density at radius 1 is 1.08 bits per heavy atom. The summed E-state index contributed by atoms with van der Waals surface area (Å²) in [6.07, 6.45) is 4.75. The molecule has 0 radical (unpaired) electrons. The number of halogens is 1. The summed E-state index contributed by atoms with van der Waals surface area (Å²) in [5.74, 6) is 0. The first-order chi connectivity index (χ1) is 17.8. The molecule has 5 aromatic rings. The first kappa shape index (κ1) is 23.4. The molecule has 1 N–H and O–H groups in total. The number of nitriles is 1. The van der Waals surface area contributed by atoms with Crippen LogP contribution in [-0.2, 0) is 16.6 Å². The largest absolute Gasteiger partial charge is 0.340 e. The van der Waals surface area contributed by atoms with Gasteiger partial charge >= 0.3 is 10.2 Å². The van der Waals surface area contributed by atoms with E-state index in [-0.39, 0.29) is 16.4 Å². The lowest BCUT2D eigenvalue weighted by atomic mass is 9.94. The monoisotopic (exact) mass is 513 g/mol. The lowest BCUT2D eigenvalue weighted by Crippen LogP contribution is -2.15. The number of hydrogen-bond acceptors (Lipinski definition) is 4. The Morgan fingerprint density at radius 3 is 2.57 bits per heavy atom. The van der Waals surface area contributed by atoms with E-state index in [9.17, 15) is 22.4 Å². The van der Waals surface area contributed by atoms with Crippen LogP contribution in [0.25, 0.3) is 44.0 Å². The third-order valence-electron chi connectivity index (χ3n) is 7.60. The molecule has 0 amide bonds. The van der Waals surface area contributed by atoms with Gasteiger partial charge in [-0.3, -0.25) is 4.79 Å². The lowest BCUT2D eigenvalue weighted by molar-refractivity contribution is 0.545. The van der Waals surface area contributed by atoms with Gasteiger partial charge in [-0.25, -0.2) is 0 Å². The van der Waals surface area contributed by atoms with Gasteiger partial charge in [0.25, 0.3) is 0 Å². The number of nitrogens with one attached hydrogen (secondary N) is 1. The number of rotatable bonds is 4. The molecule has 1 fully saturated rings. The summed E-state index contributed by atoms with van der Waals surface area (Å²) in [4.78, 5) is 17.0. The summed E-state index contributed by atoms with van der Waals surface area (Å²) in [6, 6.07) is 17.4. The minimum absolute atomic E-state index is 0.0865. The zero-order valence-electron chi connectivity index (χ0n) is 20.2. The Balaban J connectivity index is 1.74. The van der Waals surface area contributed by atoms with Gasteiger partial charge in [0.15, 0.2) is 5.43 Å². The van der Waals surface area contributed by atoms with Crippen molar-refractivity contribution in [3.8, 4) is 17.2 Å². The van der Waals surface area contributed by atoms with E-state index < -0.39 is 10.2 Å². The Bertz CT molecular complexity index is 1940. The molecular weight excluding hydrogens is 489 g/mol. The van der Waals surface area contributed by atoms with Crippen molar-refractivity contribution in [2.24, 2.45) is 0 Å². The standard InChI is InChI=1S/C29H24FN3O3S/c1-2-18-14-24-26(15-23(18)19-6-5-9-21(13-19)37(30,35)36)33(20-7-3-4-8-20)29-27(28(24)34)22-11-10-17(16-31)12-25(22)32-29/h5-6,9-15,20,32H,2-4,7-8H2,1H3. The average Bonchev–Trinajstić information content (AvgIpc) is 3.56. The highest BCUT2D eigenvalue weighted by atomic mass is 32.3. The van der Waals surface area contributed by atoms with Crippen LogP contribution >= 0.6 is 0 Å². The number of pyridine rings is 1. The Hall–Kier alpha value is -3.96. The molecule has 2 aromatic heterocycles. The predicted molar refractivity (Wildman–Crippen MR) is 143 cm³/mol. The number of fused-ring (bicyclic) bond motifs is 4. The average molecular weight is 514 g/mol. The number of H-pyrrole nitrogens is 1. The van der Waals surface area contributed by atoms with Crippen molar-refractivity contribution in [3.63, 3.8) is 0 Å². The van der Waals surface area contributed by atoms with Gasteiger partial charge in [0.1, 0.15) is 5.65 Å². The Kier molecular flexibility index (Phi) is 5.42. The van der Waals surface area contributed by atoms with Crippen LogP contribution < -0.4 is 5.43 Å². The second-order valence-corrected chi connectivity index (χ2v) is 11.1. The fourth-order valence-electron chi connectivity index (χ4n) is 5.85. The molecule has 6 nitrogen and oxygen atoms in total. The van der Waals surface area contributed by atoms with Crippen LogP contribution in [-0.4, -0.2) is 18.0 Å². The van der Waals surface area contributed by atoms with Crippen molar-refractivity contribution in [2.45, 2.75) is 50.0 Å². The summed E-state index contributed by atoms with van der Waals surface area (Å²) < 4.78 is 39.2. The zero-order valence-corrected chi connectivity index (χ0v) is 21.0. The van der Waals surface area contributed by atoms with Gasteiger partial charge in [-0.1, -0.05) is 38.0 Å². The molecule has 0 unspecified atom stereocenters. The number of aromatic amines is 1. The number of benzene rings is 3. The number of nitrogens with zero attached hydrogens (tertiary/aromatic N) is 2. The lowest BCUT2D eigenvalue weighted by Gasteiger charge is -2.21. The van der Waals surface area contributed by atoms with E-state index in [1.807, 2.05) is 25.1 Å². The molecule has 1 aliphatic rings. The number of aryl methyl sites for hydroxylation is 1. The SMILES string of the molecule is CCc1cc2c(=O)c3c4ccc(C#N)cc4[nH]c3n(C3CCCC3)c2cc1-c1cccc(S(=O)(=O)F)c1. The molecule has 8 heteroatoms. The summed E-state index contributed by atoms with van der Waals surface area (Å²) in [5.41, 5.74) is 4.89. The van der Waals surface area contributed by atoms with Gasteiger partial charge in [0.05, 0.1) is 27.4 Å². The molecule has 0 aliphatic heterocycles. The molecule has 3 aromatic carbocycles. The highest BCUT2D eigenvalue weighted by molar-refractivity contribution is 7.86. The first-order valence-electron chi connectivity index (χ1n) is 12.4. The van der Waals surface area contributed by atoms with Gasteiger partial charge in [0.2, 0.25) is 0 Å². The van der Waals surface area contributed by atoms with Crippen LogP contribution in [0.5, 0.6) is 0 Å². The summed E-state index contributed by atoms with van der Waals surface area (Å²) in [7, 11) is -4.86. The van der Waals surface area contributed by atoms with Crippen molar-refractivity contribution in [3.05, 3.63) is 75.9 Å². The summed E-state index contributed by atoms with van der Waals surface area (Å²) in [5, 5.41) is 11.4. The molecule has 0 bridgehead atoms. The van der Waals surface area contributed by atoms with E-state index in [4.69, 9.17) is 0 Å². The normalized spacial score (nSPS) is 14.6. The van der Waals surface area contributed by atoms with Crippen LogP contribution in [0.15, 0.2) is 64.3 Å². The zero-order chi connectivity index (χ0) is 25.9. The third kappa shape index (κ3) is 3.73.